The average molecular weight is 248 g/mol. The number of hydrogen-bond donors (Lipinski definition) is 1. The molecule has 0 saturated heterocycles. The Bertz CT molecular complexity index is 579. The van der Waals surface area contributed by atoms with Crippen LogP contribution < -0.4 is 5.32 Å². The van der Waals surface area contributed by atoms with Gasteiger partial charge in [0.25, 0.3) is 5.91 Å². The zero-order chi connectivity index (χ0) is 13.1. The van der Waals surface area contributed by atoms with E-state index in [0.29, 0.717) is 11.9 Å². The third-order valence-electron chi connectivity index (χ3n) is 2.25. The topological polar surface area (TPSA) is 42.0 Å². The van der Waals surface area contributed by atoms with Crippen molar-refractivity contribution in [2.24, 2.45) is 0 Å². The van der Waals surface area contributed by atoms with Gasteiger partial charge in [0.05, 0.1) is 0 Å². The fourth-order valence-corrected chi connectivity index (χ4v) is 1.49. The van der Waals surface area contributed by atoms with E-state index in [1.165, 1.54) is 0 Å². The number of amides is 1. The molecule has 0 saturated carbocycles. The SMILES string of the molecule is Cc1cccc(NC(=O)c2cc(F)cc(F)c2)n1. The standard InChI is InChI=1S/C13H10F2N2O/c1-8-3-2-4-12(16-8)17-13(18)9-5-10(14)7-11(15)6-9/h2-7H,1H3,(H,16,17,18). The maximum Gasteiger partial charge on any atom is 0.257 e. The summed E-state index contributed by atoms with van der Waals surface area (Å²) in [5.74, 6) is -1.86. The van der Waals surface area contributed by atoms with Crippen LogP contribution in [0.2, 0.25) is 0 Å². The lowest BCUT2D eigenvalue weighted by molar-refractivity contribution is 0.102. The number of halogens is 2. The highest BCUT2D eigenvalue weighted by molar-refractivity contribution is 6.03. The summed E-state index contributed by atoms with van der Waals surface area (Å²) in [5, 5.41) is 2.47. The molecule has 1 aromatic carbocycles. The van der Waals surface area contributed by atoms with Crippen LogP contribution in [0.3, 0.4) is 0 Å². The van der Waals surface area contributed by atoms with Crippen LogP contribution in [-0.4, -0.2) is 10.9 Å². The first kappa shape index (κ1) is 12.2. The van der Waals surface area contributed by atoms with Gasteiger partial charge in [-0.2, -0.15) is 0 Å². The summed E-state index contributed by atoms with van der Waals surface area (Å²) in [7, 11) is 0. The van der Waals surface area contributed by atoms with Crippen LogP contribution in [0.25, 0.3) is 0 Å². The molecule has 0 fully saturated rings. The molecule has 1 aromatic heterocycles. The summed E-state index contributed by atoms with van der Waals surface area (Å²) in [4.78, 5) is 15.8. The highest BCUT2D eigenvalue weighted by atomic mass is 19.1. The summed E-state index contributed by atoms with van der Waals surface area (Å²) in [5.41, 5.74) is 0.647. The molecule has 0 bridgehead atoms. The molecular weight excluding hydrogens is 238 g/mol. The molecule has 0 aliphatic carbocycles. The second kappa shape index (κ2) is 4.91. The van der Waals surface area contributed by atoms with Gasteiger partial charge in [-0.25, -0.2) is 13.8 Å². The van der Waals surface area contributed by atoms with Crippen molar-refractivity contribution in [1.82, 2.24) is 4.98 Å². The molecule has 0 aliphatic heterocycles. The molecule has 0 aliphatic rings. The van der Waals surface area contributed by atoms with Crippen LogP contribution in [0.1, 0.15) is 16.1 Å². The second-order valence-corrected chi connectivity index (χ2v) is 3.78. The lowest BCUT2D eigenvalue weighted by Gasteiger charge is -2.05. The number of nitrogens with zero attached hydrogens (tertiary/aromatic N) is 1. The zero-order valence-corrected chi connectivity index (χ0v) is 9.58. The van der Waals surface area contributed by atoms with Crippen LogP contribution in [-0.2, 0) is 0 Å². The van der Waals surface area contributed by atoms with Crippen LogP contribution in [0, 0.1) is 18.6 Å². The molecule has 92 valence electrons. The van der Waals surface area contributed by atoms with Crippen molar-refractivity contribution in [3.8, 4) is 0 Å². The summed E-state index contributed by atoms with van der Waals surface area (Å²) >= 11 is 0. The molecule has 2 rings (SSSR count). The third kappa shape index (κ3) is 2.88. The van der Waals surface area contributed by atoms with E-state index < -0.39 is 17.5 Å². The Kier molecular flexibility index (Phi) is 3.32. The molecule has 2 aromatic rings. The van der Waals surface area contributed by atoms with Gasteiger partial charge in [-0.1, -0.05) is 6.07 Å². The van der Waals surface area contributed by atoms with Crippen LogP contribution in [0.15, 0.2) is 36.4 Å². The first-order valence-corrected chi connectivity index (χ1v) is 5.26. The summed E-state index contributed by atoms with van der Waals surface area (Å²) in [6.07, 6.45) is 0. The van der Waals surface area contributed by atoms with Crippen molar-refractivity contribution >= 4 is 11.7 Å². The molecule has 0 atom stereocenters. The quantitative estimate of drug-likeness (QED) is 0.887. The van der Waals surface area contributed by atoms with E-state index in [1.54, 1.807) is 25.1 Å². The Morgan fingerprint density at radius 3 is 2.44 bits per heavy atom. The van der Waals surface area contributed by atoms with E-state index in [9.17, 15) is 13.6 Å². The van der Waals surface area contributed by atoms with Gasteiger partial charge < -0.3 is 5.32 Å². The van der Waals surface area contributed by atoms with E-state index in [1.807, 2.05) is 0 Å². The van der Waals surface area contributed by atoms with Crippen molar-refractivity contribution in [2.75, 3.05) is 5.32 Å². The van der Waals surface area contributed by atoms with Gasteiger partial charge in [-0.15, -0.1) is 0 Å². The van der Waals surface area contributed by atoms with Crippen molar-refractivity contribution < 1.29 is 13.6 Å². The van der Waals surface area contributed by atoms with E-state index >= 15 is 0 Å². The van der Waals surface area contributed by atoms with Gasteiger partial charge in [-0.05, 0) is 31.2 Å². The first-order valence-electron chi connectivity index (χ1n) is 5.26. The largest absolute Gasteiger partial charge is 0.307 e. The van der Waals surface area contributed by atoms with Crippen molar-refractivity contribution in [1.29, 1.82) is 0 Å². The molecule has 0 unspecified atom stereocenters. The van der Waals surface area contributed by atoms with Gasteiger partial charge in [-0.3, -0.25) is 4.79 Å². The number of anilines is 1. The normalized spacial score (nSPS) is 10.2. The minimum Gasteiger partial charge on any atom is -0.307 e. The van der Waals surface area contributed by atoms with Gasteiger partial charge in [0.15, 0.2) is 0 Å². The number of carbonyl (C=O) groups is 1. The smallest absolute Gasteiger partial charge is 0.257 e. The van der Waals surface area contributed by atoms with Crippen LogP contribution in [0.4, 0.5) is 14.6 Å². The summed E-state index contributed by atoms with van der Waals surface area (Å²) in [6, 6.07) is 7.74. The van der Waals surface area contributed by atoms with Gasteiger partial charge >= 0.3 is 0 Å². The summed E-state index contributed by atoms with van der Waals surface area (Å²) in [6.45, 7) is 1.78. The molecule has 18 heavy (non-hydrogen) atoms. The molecule has 0 spiro atoms. The first-order chi connectivity index (χ1) is 8.54. The van der Waals surface area contributed by atoms with E-state index in [4.69, 9.17) is 0 Å². The fraction of sp³-hybridized carbons (Fsp3) is 0.0769. The molecular formula is C13H10F2N2O. The Morgan fingerprint density at radius 1 is 1.17 bits per heavy atom. The monoisotopic (exact) mass is 248 g/mol. The number of pyridine rings is 1. The Hall–Kier alpha value is -2.30. The zero-order valence-electron chi connectivity index (χ0n) is 9.58. The molecule has 3 nitrogen and oxygen atoms in total. The molecule has 0 radical (unpaired) electrons. The molecule has 5 heteroatoms. The number of aromatic nitrogens is 1. The lowest BCUT2D eigenvalue weighted by Crippen LogP contribution is -2.13. The fourth-order valence-electron chi connectivity index (χ4n) is 1.49. The highest BCUT2D eigenvalue weighted by Crippen LogP contribution is 2.11. The second-order valence-electron chi connectivity index (χ2n) is 3.78. The number of hydrogen-bond acceptors (Lipinski definition) is 2. The molecule has 1 N–H and O–H groups in total. The summed E-state index contributed by atoms with van der Waals surface area (Å²) < 4.78 is 25.9. The van der Waals surface area contributed by atoms with Crippen molar-refractivity contribution in [2.45, 2.75) is 6.92 Å². The Balaban J connectivity index is 2.22. The number of nitrogens with one attached hydrogen (secondary N) is 1. The minimum atomic E-state index is -0.794. The maximum absolute atomic E-state index is 13.0. The van der Waals surface area contributed by atoms with Crippen LogP contribution in [0.5, 0.6) is 0 Å². The minimum absolute atomic E-state index is 0.0872. The van der Waals surface area contributed by atoms with Gasteiger partial charge in [0, 0.05) is 17.3 Å². The Morgan fingerprint density at radius 2 is 1.83 bits per heavy atom. The predicted molar refractivity (Wildman–Crippen MR) is 63.3 cm³/mol. The molecule has 1 amide bonds. The number of benzene rings is 1. The van der Waals surface area contributed by atoms with Crippen molar-refractivity contribution in [3.63, 3.8) is 0 Å². The van der Waals surface area contributed by atoms with E-state index in [-0.39, 0.29) is 5.56 Å². The maximum atomic E-state index is 13.0. The van der Waals surface area contributed by atoms with Gasteiger partial charge in [0.1, 0.15) is 17.5 Å². The number of aryl methyl sites for hydroxylation is 1. The van der Waals surface area contributed by atoms with Gasteiger partial charge in [0.2, 0.25) is 0 Å². The third-order valence-corrected chi connectivity index (χ3v) is 2.25. The Labute approximate surface area is 102 Å². The number of carbonyl (C=O) groups excluding carboxylic acids is 1. The van der Waals surface area contributed by atoms with E-state index in [0.717, 1.165) is 17.8 Å². The lowest BCUT2D eigenvalue weighted by atomic mass is 10.2. The van der Waals surface area contributed by atoms with Crippen molar-refractivity contribution in [3.05, 3.63) is 59.3 Å². The average Bonchev–Trinajstić information content (AvgIpc) is 2.27. The highest BCUT2D eigenvalue weighted by Gasteiger charge is 2.10. The molecule has 1 heterocycles. The number of rotatable bonds is 2. The van der Waals surface area contributed by atoms with Crippen LogP contribution >= 0.6 is 0 Å². The van der Waals surface area contributed by atoms with E-state index in [2.05, 4.69) is 10.3 Å². The predicted octanol–water partition coefficient (Wildman–Crippen LogP) is 2.92.